The van der Waals surface area contributed by atoms with Crippen molar-refractivity contribution < 1.29 is 4.39 Å². The number of imidazole rings is 1. The summed E-state index contributed by atoms with van der Waals surface area (Å²) in [5, 5.41) is 11.3. The number of pyridine rings is 2. The summed E-state index contributed by atoms with van der Waals surface area (Å²) in [4.78, 5) is 16.4. The highest BCUT2D eigenvalue weighted by atomic mass is 19.1. The number of nitrogens with one attached hydrogen (secondary N) is 3. The predicted molar refractivity (Wildman–Crippen MR) is 126 cm³/mol. The topological polar surface area (TPSA) is 95.2 Å². The van der Waals surface area contributed by atoms with Crippen LogP contribution in [0.1, 0.15) is 31.2 Å². The molecule has 1 aromatic carbocycles. The number of aromatic amines is 2. The first-order valence-electron chi connectivity index (χ1n) is 11.4. The molecule has 0 atom stereocenters. The molecule has 33 heavy (non-hydrogen) atoms. The van der Waals surface area contributed by atoms with Gasteiger partial charge in [-0.2, -0.15) is 5.10 Å². The summed E-state index contributed by atoms with van der Waals surface area (Å²) in [6.45, 7) is 1.79. The molecule has 1 saturated carbocycles. The lowest BCUT2D eigenvalue weighted by Crippen LogP contribution is -2.20. The van der Waals surface area contributed by atoms with E-state index in [-0.39, 0.29) is 11.3 Å². The molecule has 1 fully saturated rings. The van der Waals surface area contributed by atoms with Gasteiger partial charge < -0.3 is 10.3 Å². The van der Waals surface area contributed by atoms with Crippen LogP contribution in [0.4, 0.5) is 4.39 Å². The van der Waals surface area contributed by atoms with E-state index < -0.39 is 0 Å². The summed E-state index contributed by atoms with van der Waals surface area (Å²) < 4.78 is 15.0. The Hall–Kier alpha value is -3.65. The lowest BCUT2D eigenvalue weighted by molar-refractivity contribution is 0.489. The average Bonchev–Trinajstić information content (AvgIpc) is 3.58. The Morgan fingerprint density at radius 1 is 1.09 bits per heavy atom. The van der Waals surface area contributed by atoms with Crippen LogP contribution in [-0.4, -0.2) is 36.7 Å². The van der Waals surface area contributed by atoms with Gasteiger partial charge in [0.2, 0.25) is 0 Å². The van der Waals surface area contributed by atoms with Gasteiger partial charge in [0.15, 0.2) is 17.3 Å². The first-order chi connectivity index (χ1) is 16.2. The van der Waals surface area contributed by atoms with E-state index in [1.807, 2.05) is 24.4 Å². The second kappa shape index (κ2) is 8.37. The molecule has 3 N–H and O–H groups in total. The van der Waals surface area contributed by atoms with E-state index in [4.69, 9.17) is 0 Å². The maximum absolute atomic E-state index is 15.0. The molecule has 4 heterocycles. The highest BCUT2D eigenvalue weighted by Gasteiger charge is 2.17. The second-order valence-electron chi connectivity index (χ2n) is 8.78. The van der Waals surface area contributed by atoms with Crippen LogP contribution >= 0.6 is 0 Å². The van der Waals surface area contributed by atoms with E-state index in [2.05, 4.69) is 41.5 Å². The van der Waals surface area contributed by atoms with Crippen LogP contribution < -0.4 is 5.32 Å². The third kappa shape index (κ3) is 3.87. The molecule has 0 spiro atoms. The lowest BCUT2D eigenvalue weighted by Gasteiger charge is -2.11. The fraction of sp³-hybridized carbons (Fsp3) is 0.280. The van der Waals surface area contributed by atoms with Crippen molar-refractivity contribution >= 4 is 22.1 Å². The Kier molecular flexibility index (Phi) is 5.07. The smallest absolute Gasteiger partial charge is 0.178 e. The lowest BCUT2D eigenvalue weighted by atomic mass is 10.0. The minimum absolute atomic E-state index is 0.282. The van der Waals surface area contributed by atoms with Crippen molar-refractivity contribution in [3.63, 3.8) is 0 Å². The normalized spacial score (nSPS) is 14.6. The van der Waals surface area contributed by atoms with Gasteiger partial charge in [-0.1, -0.05) is 12.8 Å². The molecule has 0 saturated heterocycles. The van der Waals surface area contributed by atoms with Crippen molar-refractivity contribution in [3.05, 3.63) is 60.3 Å². The number of rotatable bonds is 6. The number of nitrogens with zero attached hydrogens (tertiary/aromatic N) is 4. The van der Waals surface area contributed by atoms with Gasteiger partial charge in [0, 0.05) is 36.1 Å². The minimum Gasteiger partial charge on any atom is -0.335 e. The number of aromatic nitrogens is 6. The Labute approximate surface area is 189 Å². The Bertz CT molecular complexity index is 1400. The van der Waals surface area contributed by atoms with Gasteiger partial charge in [0.1, 0.15) is 11.2 Å². The molecule has 0 amide bonds. The van der Waals surface area contributed by atoms with Crippen molar-refractivity contribution in [2.75, 3.05) is 6.54 Å². The van der Waals surface area contributed by atoms with Crippen molar-refractivity contribution in [3.8, 4) is 22.6 Å². The Balaban J connectivity index is 1.32. The predicted octanol–water partition coefficient (Wildman–Crippen LogP) is 4.98. The molecular formula is C25H24FN7. The fourth-order valence-electron chi connectivity index (χ4n) is 4.76. The van der Waals surface area contributed by atoms with E-state index in [0.29, 0.717) is 22.6 Å². The monoisotopic (exact) mass is 441 g/mol. The molecule has 0 unspecified atom stereocenters. The van der Waals surface area contributed by atoms with Gasteiger partial charge in [-0.25, -0.2) is 14.4 Å². The molecule has 1 aliphatic rings. The maximum atomic E-state index is 15.0. The van der Waals surface area contributed by atoms with E-state index in [1.165, 1.54) is 31.7 Å². The third-order valence-corrected chi connectivity index (χ3v) is 6.47. The van der Waals surface area contributed by atoms with Crippen LogP contribution in [-0.2, 0) is 6.54 Å². The third-order valence-electron chi connectivity index (χ3n) is 6.47. The molecule has 8 heteroatoms. The van der Waals surface area contributed by atoms with Gasteiger partial charge in [0.05, 0.1) is 5.52 Å². The van der Waals surface area contributed by atoms with Crippen LogP contribution in [0.2, 0.25) is 0 Å². The van der Waals surface area contributed by atoms with Crippen LogP contribution in [0.5, 0.6) is 0 Å². The van der Waals surface area contributed by atoms with E-state index in [1.54, 1.807) is 12.4 Å². The average molecular weight is 442 g/mol. The number of fused-ring (bicyclic) bond motifs is 2. The zero-order valence-corrected chi connectivity index (χ0v) is 18.1. The first-order valence-corrected chi connectivity index (χ1v) is 11.4. The van der Waals surface area contributed by atoms with Crippen LogP contribution in [0, 0.1) is 11.7 Å². The number of benzene rings is 1. The first kappa shape index (κ1) is 20.0. The zero-order chi connectivity index (χ0) is 22.2. The minimum atomic E-state index is -0.385. The fourth-order valence-corrected chi connectivity index (χ4v) is 4.76. The summed E-state index contributed by atoms with van der Waals surface area (Å²) in [5.74, 6) is 0.973. The molecule has 0 bridgehead atoms. The van der Waals surface area contributed by atoms with Gasteiger partial charge in [-0.3, -0.25) is 10.1 Å². The standard InChI is InChI=1S/C25H24FN7/c26-20-10-17(18-8-16(13-28-14-18)12-27-11-15-4-1-2-5-15)9-19-22(20)32-33-23(19)25-30-21-6-3-7-29-24(21)31-25/h3,6-10,13-15,27H,1-2,4-5,11-12H2,(H,32,33)(H,29,30,31). The van der Waals surface area contributed by atoms with E-state index >= 15 is 0 Å². The molecular weight excluding hydrogens is 417 g/mol. The van der Waals surface area contributed by atoms with Gasteiger partial charge in [-0.05, 0) is 66.8 Å². The van der Waals surface area contributed by atoms with Gasteiger partial charge >= 0.3 is 0 Å². The summed E-state index contributed by atoms with van der Waals surface area (Å²) >= 11 is 0. The number of hydrogen-bond acceptors (Lipinski definition) is 5. The summed E-state index contributed by atoms with van der Waals surface area (Å²) in [7, 11) is 0. The van der Waals surface area contributed by atoms with Crippen molar-refractivity contribution in [1.29, 1.82) is 0 Å². The van der Waals surface area contributed by atoms with Crippen LogP contribution in [0.15, 0.2) is 48.9 Å². The number of H-pyrrole nitrogens is 2. The largest absolute Gasteiger partial charge is 0.335 e. The second-order valence-corrected chi connectivity index (χ2v) is 8.78. The molecule has 166 valence electrons. The molecule has 6 rings (SSSR count). The molecule has 1 aliphatic carbocycles. The highest BCUT2D eigenvalue weighted by molar-refractivity contribution is 5.95. The van der Waals surface area contributed by atoms with Crippen molar-refractivity contribution in [2.24, 2.45) is 5.92 Å². The summed E-state index contributed by atoms with van der Waals surface area (Å²) in [6.07, 6.45) is 10.7. The quantitative estimate of drug-likeness (QED) is 0.345. The number of halogens is 1. The van der Waals surface area contributed by atoms with Gasteiger partial charge in [-0.15, -0.1) is 0 Å². The Morgan fingerprint density at radius 3 is 2.88 bits per heavy atom. The molecule has 0 aliphatic heterocycles. The molecule has 5 aromatic rings. The zero-order valence-electron chi connectivity index (χ0n) is 18.1. The molecule has 0 radical (unpaired) electrons. The maximum Gasteiger partial charge on any atom is 0.178 e. The SMILES string of the molecule is Fc1cc(-c2cncc(CNCC3CCCC3)c2)cc2c(-c3nc4ncccc4[nH]3)[nH]nc12. The highest BCUT2D eigenvalue weighted by Crippen LogP contribution is 2.32. The van der Waals surface area contributed by atoms with Crippen molar-refractivity contribution in [2.45, 2.75) is 32.2 Å². The number of hydrogen-bond donors (Lipinski definition) is 3. The summed E-state index contributed by atoms with van der Waals surface area (Å²) in [6, 6.07) is 9.27. The van der Waals surface area contributed by atoms with Crippen molar-refractivity contribution in [1.82, 2.24) is 35.5 Å². The van der Waals surface area contributed by atoms with Crippen LogP contribution in [0.25, 0.3) is 44.7 Å². The Morgan fingerprint density at radius 2 is 2.00 bits per heavy atom. The molecule has 7 nitrogen and oxygen atoms in total. The van der Waals surface area contributed by atoms with E-state index in [0.717, 1.165) is 41.2 Å². The van der Waals surface area contributed by atoms with Crippen LogP contribution in [0.3, 0.4) is 0 Å². The summed E-state index contributed by atoms with van der Waals surface area (Å²) in [5.41, 5.74) is 5.04. The van der Waals surface area contributed by atoms with E-state index in [9.17, 15) is 4.39 Å². The van der Waals surface area contributed by atoms with Gasteiger partial charge in [0.25, 0.3) is 0 Å². The molecule has 4 aromatic heterocycles.